The highest BCUT2D eigenvalue weighted by Crippen LogP contribution is 2.34. The van der Waals surface area contributed by atoms with E-state index in [-0.39, 0.29) is 28.9 Å². The van der Waals surface area contributed by atoms with Crippen molar-refractivity contribution in [2.45, 2.75) is 38.3 Å². The van der Waals surface area contributed by atoms with E-state index in [9.17, 15) is 14.7 Å². The van der Waals surface area contributed by atoms with E-state index < -0.39 is 5.91 Å². The van der Waals surface area contributed by atoms with E-state index in [1.54, 1.807) is 12.1 Å². The summed E-state index contributed by atoms with van der Waals surface area (Å²) in [4.78, 5) is 38.8. The van der Waals surface area contributed by atoms with Gasteiger partial charge in [-0.25, -0.2) is 14.5 Å². The van der Waals surface area contributed by atoms with Crippen molar-refractivity contribution in [1.82, 2.24) is 29.9 Å². The lowest BCUT2D eigenvalue weighted by Gasteiger charge is -2.13. The van der Waals surface area contributed by atoms with Crippen LogP contribution in [-0.2, 0) is 0 Å². The van der Waals surface area contributed by atoms with Crippen LogP contribution in [-0.4, -0.2) is 60.7 Å². The van der Waals surface area contributed by atoms with Crippen LogP contribution in [0.25, 0.3) is 16.1 Å². The third-order valence-corrected chi connectivity index (χ3v) is 6.91. The van der Waals surface area contributed by atoms with Gasteiger partial charge in [0.25, 0.3) is 11.8 Å². The highest BCUT2D eigenvalue weighted by Gasteiger charge is 2.26. The first-order valence-electron chi connectivity index (χ1n) is 11.1. The van der Waals surface area contributed by atoms with Gasteiger partial charge in [-0.2, -0.15) is 0 Å². The molecule has 186 valence electrons. The van der Waals surface area contributed by atoms with Gasteiger partial charge in [0, 0.05) is 29.1 Å². The minimum Gasteiger partial charge on any atom is -0.494 e. The molecule has 36 heavy (non-hydrogen) atoms. The highest BCUT2D eigenvalue weighted by atomic mass is 35.5. The number of rotatable bonds is 6. The van der Waals surface area contributed by atoms with Crippen LogP contribution in [0.1, 0.15) is 45.8 Å². The smallest absolute Gasteiger partial charge is 0.271 e. The van der Waals surface area contributed by atoms with Crippen LogP contribution in [0.5, 0.6) is 5.75 Å². The summed E-state index contributed by atoms with van der Waals surface area (Å²) in [5.41, 5.74) is 2.42. The Bertz CT molecular complexity index is 1440. The Labute approximate surface area is 214 Å². The van der Waals surface area contributed by atoms with Gasteiger partial charge in [0.1, 0.15) is 16.6 Å². The van der Waals surface area contributed by atoms with Crippen molar-refractivity contribution >= 4 is 44.8 Å². The molecule has 0 spiro atoms. The third-order valence-electron chi connectivity index (χ3n) is 5.87. The summed E-state index contributed by atoms with van der Waals surface area (Å²) in [7, 11) is 1.51. The van der Waals surface area contributed by atoms with Gasteiger partial charge in [0.05, 0.1) is 31.2 Å². The van der Waals surface area contributed by atoms with Gasteiger partial charge in [0.15, 0.2) is 0 Å². The summed E-state index contributed by atoms with van der Waals surface area (Å²) in [6.45, 7) is 1.82. The molecule has 13 heteroatoms. The molecule has 0 aliphatic heterocycles. The minimum absolute atomic E-state index is 0.0683. The summed E-state index contributed by atoms with van der Waals surface area (Å²) < 4.78 is 6.86. The molecule has 2 amide bonds. The van der Waals surface area contributed by atoms with Gasteiger partial charge < -0.3 is 15.2 Å². The van der Waals surface area contributed by atoms with Crippen LogP contribution in [0, 0.1) is 6.92 Å². The Kier molecular flexibility index (Phi) is 6.56. The second-order valence-corrected chi connectivity index (χ2v) is 9.77. The molecule has 0 bridgehead atoms. The maximum absolute atomic E-state index is 13.2. The molecule has 0 unspecified atom stereocenters. The molecule has 2 atom stereocenters. The SMILES string of the molecule is COc1cnc(Cl)cc1-c1cc(C)ncc1C(=O)Nc1nn2cc(C(=O)N[C@H]3CC[C@@H](O)C3)nc2s1. The fourth-order valence-corrected chi connectivity index (χ4v) is 5.06. The Morgan fingerprint density at radius 3 is 2.75 bits per heavy atom. The van der Waals surface area contributed by atoms with Gasteiger partial charge in [-0.1, -0.05) is 22.9 Å². The monoisotopic (exact) mass is 527 g/mol. The number of aromatic nitrogens is 5. The van der Waals surface area contributed by atoms with Crippen LogP contribution in [0.15, 0.2) is 30.7 Å². The number of aryl methyl sites for hydroxylation is 1. The second kappa shape index (κ2) is 9.80. The molecule has 3 N–H and O–H groups in total. The molecule has 4 aromatic heterocycles. The predicted molar refractivity (Wildman–Crippen MR) is 134 cm³/mol. The Morgan fingerprint density at radius 2 is 2.03 bits per heavy atom. The number of imidazole rings is 1. The Balaban J connectivity index is 1.36. The van der Waals surface area contributed by atoms with Crippen LogP contribution >= 0.6 is 22.9 Å². The number of carbonyl (C=O) groups is 2. The number of anilines is 1. The lowest BCUT2D eigenvalue weighted by atomic mass is 10.0. The molecule has 11 nitrogen and oxygen atoms in total. The molecule has 4 aromatic rings. The quantitative estimate of drug-likeness (QED) is 0.324. The van der Waals surface area contributed by atoms with E-state index in [0.29, 0.717) is 51.1 Å². The molecule has 1 aliphatic carbocycles. The molecule has 5 rings (SSSR count). The number of nitrogens with zero attached hydrogens (tertiary/aromatic N) is 5. The number of fused-ring (bicyclic) bond motifs is 1. The Hall–Kier alpha value is -3.61. The maximum atomic E-state index is 13.2. The van der Waals surface area contributed by atoms with E-state index in [4.69, 9.17) is 16.3 Å². The molecule has 1 aliphatic rings. The number of hydrogen-bond acceptors (Lipinski definition) is 9. The summed E-state index contributed by atoms with van der Waals surface area (Å²) in [6.07, 6.45) is 6.04. The largest absolute Gasteiger partial charge is 0.494 e. The number of hydrogen-bond donors (Lipinski definition) is 3. The molecular formula is C23H22ClN7O4S. The minimum atomic E-state index is -0.428. The van der Waals surface area contributed by atoms with E-state index in [1.807, 2.05) is 6.92 Å². The first-order chi connectivity index (χ1) is 17.3. The number of aliphatic hydroxyl groups is 1. The van der Waals surface area contributed by atoms with Crippen molar-refractivity contribution in [3.05, 3.63) is 52.8 Å². The van der Waals surface area contributed by atoms with Gasteiger partial charge in [-0.3, -0.25) is 19.9 Å². The van der Waals surface area contributed by atoms with Crippen molar-refractivity contribution < 1.29 is 19.4 Å². The fourth-order valence-electron chi connectivity index (χ4n) is 4.13. The average molecular weight is 528 g/mol. The number of halogens is 1. The Morgan fingerprint density at radius 1 is 1.19 bits per heavy atom. The van der Waals surface area contributed by atoms with E-state index in [2.05, 4.69) is 30.7 Å². The number of aliphatic hydroxyl groups excluding tert-OH is 1. The summed E-state index contributed by atoms with van der Waals surface area (Å²) in [5.74, 6) is -0.287. The number of amides is 2. The zero-order valence-electron chi connectivity index (χ0n) is 19.4. The molecular weight excluding hydrogens is 506 g/mol. The van der Waals surface area contributed by atoms with Crippen molar-refractivity contribution in [2.75, 3.05) is 12.4 Å². The van der Waals surface area contributed by atoms with Crippen LogP contribution in [0.4, 0.5) is 5.13 Å². The van der Waals surface area contributed by atoms with E-state index >= 15 is 0 Å². The fraction of sp³-hybridized carbons (Fsp3) is 0.304. The molecule has 0 aromatic carbocycles. The first-order valence-corrected chi connectivity index (χ1v) is 12.3. The summed E-state index contributed by atoms with van der Waals surface area (Å²) in [5, 5.41) is 20.2. The number of carbonyl (C=O) groups excluding carboxylic acids is 2. The number of ether oxygens (including phenoxy) is 1. The van der Waals surface area contributed by atoms with Crippen molar-refractivity contribution in [1.29, 1.82) is 0 Å². The lowest BCUT2D eigenvalue weighted by molar-refractivity contribution is 0.0928. The molecule has 4 heterocycles. The normalized spacial score (nSPS) is 17.3. The maximum Gasteiger partial charge on any atom is 0.271 e. The van der Waals surface area contributed by atoms with Crippen molar-refractivity contribution in [3.63, 3.8) is 0 Å². The van der Waals surface area contributed by atoms with E-state index in [0.717, 1.165) is 17.8 Å². The standard InChI is InChI=1S/C23H22ClN7O4S/c1-11-5-14(15-7-19(24)26-9-18(15)35-2)16(8-25-11)20(33)29-22-30-31-10-17(28-23(31)36-22)21(34)27-12-3-4-13(32)6-12/h5,7-10,12-13,32H,3-4,6H2,1-2H3,(H,27,34)(H,29,30,33)/t12-,13+/m0/s1. The predicted octanol–water partition coefficient (Wildman–Crippen LogP) is 3.11. The lowest BCUT2D eigenvalue weighted by Crippen LogP contribution is -2.33. The van der Waals surface area contributed by atoms with Gasteiger partial charge in [0.2, 0.25) is 10.1 Å². The zero-order chi connectivity index (χ0) is 25.4. The number of pyridine rings is 2. The number of nitrogens with one attached hydrogen (secondary N) is 2. The molecule has 0 saturated heterocycles. The van der Waals surface area contributed by atoms with E-state index in [1.165, 1.54) is 30.2 Å². The summed E-state index contributed by atoms with van der Waals surface area (Å²) in [6, 6.07) is 3.33. The van der Waals surface area contributed by atoms with Gasteiger partial charge >= 0.3 is 0 Å². The van der Waals surface area contributed by atoms with Crippen LogP contribution in [0.3, 0.4) is 0 Å². The average Bonchev–Trinajstić information content (AvgIpc) is 3.53. The topological polar surface area (TPSA) is 144 Å². The number of methoxy groups -OCH3 is 1. The molecule has 0 radical (unpaired) electrons. The van der Waals surface area contributed by atoms with Crippen LogP contribution < -0.4 is 15.4 Å². The third kappa shape index (κ3) is 4.87. The highest BCUT2D eigenvalue weighted by molar-refractivity contribution is 7.20. The molecule has 1 saturated carbocycles. The van der Waals surface area contributed by atoms with Gasteiger partial charge in [-0.05, 0) is 38.3 Å². The first kappa shape index (κ1) is 24.1. The second-order valence-electron chi connectivity index (χ2n) is 8.43. The van der Waals surface area contributed by atoms with Crippen molar-refractivity contribution in [3.8, 4) is 16.9 Å². The zero-order valence-corrected chi connectivity index (χ0v) is 20.9. The van der Waals surface area contributed by atoms with Gasteiger partial charge in [-0.15, -0.1) is 5.10 Å². The summed E-state index contributed by atoms with van der Waals surface area (Å²) >= 11 is 7.24. The van der Waals surface area contributed by atoms with Crippen molar-refractivity contribution in [2.24, 2.45) is 0 Å². The van der Waals surface area contributed by atoms with Crippen LogP contribution in [0.2, 0.25) is 5.15 Å². The molecule has 1 fully saturated rings.